The van der Waals surface area contributed by atoms with E-state index in [9.17, 15) is 4.79 Å². The molecule has 2 fully saturated rings. The molecule has 0 spiro atoms. The van der Waals surface area contributed by atoms with Gasteiger partial charge in [0.15, 0.2) is 10.6 Å². The standard InChI is InChI=1S/C24H27ClN4O3/c25-24(21-15-26-11-12-27-21,23(30)28-14-16-6-5-13-31-16)22-17-7-1-3-9-19(17)32-20-10-4-2-8-18(20)29-22/h1-4,7-10,16,21,26-27H,5-6,11-15H2,(H,28,30)/t16-,21?,24?/m0/s1. The number of nitrogens with zero attached hydrogens (tertiary/aromatic N) is 1. The van der Waals surface area contributed by atoms with Crippen molar-refractivity contribution >= 4 is 28.9 Å². The molecule has 0 radical (unpaired) electrons. The number of amides is 1. The molecule has 32 heavy (non-hydrogen) atoms. The lowest BCUT2D eigenvalue weighted by Gasteiger charge is -2.38. The van der Waals surface area contributed by atoms with E-state index < -0.39 is 4.87 Å². The van der Waals surface area contributed by atoms with Gasteiger partial charge in [-0.15, -0.1) is 0 Å². The summed E-state index contributed by atoms with van der Waals surface area (Å²) >= 11 is 7.36. The van der Waals surface area contributed by atoms with Crippen molar-refractivity contribution in [3.05, 3.63) is 54.1 Å². The maximum absolute atomic E-state index is 13.8. The molecule has 5 rings (SSSR count). The van der Waals surface area contributed by atoms with Gasteiger partial charge in [0, 0.05) is 38.3 Å². The van der Waals surface area contributed by atoms with Gasteiger partial charge in [0.05, 0.1) is 17.9 Å². The smallest absolute Gasteiger partial charge is 0.249 e. The number of hydrogen-bond donors (Lipinski definition) is 3. The number of fused-ring (bicyclic) bond motifs is 2. The summed E-state index contributed by atoms with van der Waals surface area (Å²) in [6.07, 6.45) is 1.96. The van der Waals surface area contributed by atoms with E-state index in [1.807, 2.05) is 48.5 Å². The number of nitrogens with one attached hydrogen (secondary N) is 3. The van der Waals surface area contributed by atoms with Crippen molar-refractivity contribution in [2.24, 2.45) is 4.99 Å². The van der Waals surface area contributed by atoms with Gasteiger partial charge in [0.2, 0.25) is 5.91 Å². The molecule has 1 amide bonds. The van der Waals surface area contributed by atoms with E-state index in [0.29, 0.717) is 48.1 Å². The third-order valence-electron chi connectivity index (χ3n) is 6.17. The predicted molar refractivity (Wildman–Crippen MR) is 124 cm³/mol. The van der Waals surface area contributed by atoms with Crippen LogP contribution in [0, 0.1) is 0 Å². The molecule has 0 aromatic heterocycles. The highest BCUT2D eigenvalue weighted by Gasteiger charge is 2.50. The number of benzene rings is 2. The molecule has 8 heteroatoms. The number of alkyl halides is 1. The van der Waals surface area contributed by atoms with Crippen molar-refractivity contribution < 1.29 is 14.3 Å². The second kappa shape index (κ2) is 9.19. The number of aliphatic imine (C=N–C) groups is 1. The van der Waals surface area contributed by atoms with Crippen molar-refractivity contribution in [3.63, 3.8) is 0 Å². The van der Waals surface area contributed by atoms with Crippen molar-refractivity contribution in [1.82, 2.24) is 16.0 Å². The number of para-hydroxylation sites is 3. The normalized spacial score (nSPS) is 24.2. The zero-order valence-electron chi connectivity index (χ0n) is 17.8. The first-order chi connectivity index (χ1) is 15.7. The lowest BCUT2D eigenvalue weighted by atomic mass is 9.86. The van der Waals surface area contributed by atoms with Crippen LogP contribution in [0.3, 0.4) is 0 Å². The molecule has 2 aromatic carbocycles. The van der Waals surface area contributed by atoms with Crippen LogP contribution in [-0.4, -0.2) is 61.4 Å². The van der Waals surface area contributed by atoms with Crippen LogP contribution in [-0.2, 0) is 9.53 Å². The summed E-state index contributed by atoms with van der Waals surface area (Å²) in [5, 5.41) is 9.84. The Hall–Kier alpha value is -2.45. The van der Waals surface area contributed by atoms with Gasteiger partial charge in [-0.1, -0.05) is 35.9 Å². The minimum atomic E-state index is -1.46. The van der Waals surface area contributed by atoms with Crippen molar-refractivity contribution in [1.29, 1.82) is 0 Å². The summed E-state index contributed by atoms with van der Waals surface area (Å²) in [6.45, 7) is 3.22. The summed E-state index contributed by atoms with van der Waals surface area (Å²) in [4.78, 5) is 17.2. The van der Waals surface area contributed by atoms with Crippen LogP contribution < -0.4 is 20.7 Å². The lowest BCUT2D eigenvalue weighted by molar-refractivity contribution is -0.123. The second-order valence-electron chi connectivity index (χ2n) is 8.29. The third kappa shape index (κ3) is 4.01. The highest BCUT2D eigenvalue weighted by molar-refractivity contribution is 6.51. The average Bonchev–Trinajstić information content (AvgIpc) is 3.30. The zero-order valence-corrected chi connectivity index (χ0v) is 18.5. The number of ether oxygens (including phenoxy) is 2. The molecular weight excluding hydrogens is 428 g/mol. The minimum Gasteiger partial charge on any atom is -0.454 e. The zero-order chi connectivity index (χ0) is 22.0. The van der Waals surface area contributed by atoms with Crippen LogP contribution in [0.15, 0.2) is 53.5 Å². The summed E-state index contributed by atoms with van der Waals surface area (Å²) in [5.41, 5.74) is 1.82. The highest BCUT2D eigenvalue weighted by atomic mass is 35.5. The van der Waals surface area contributed by atoms with Gasteiger partial charge in [-0.2, -0.15) is 0 Å². The molecule has 3 heterocycles. The van der Waals surface area contributed by atoms with Gasteiger partial charge in [-0.25, -0.2) is 4.99 Å². The molecule has 2 aromatic rings. The van der Waals surface area contributed by atoms with E-state index >= 15 is 0 Å². The minimum absolute atomic E-state index is 0.0183. The average molecular weight is 455 g/mol. The Bertz CT molecular complexity index is 1020. The molecule has 2 unspecified atom stereocenters. The Morgan fingerprint density at radius 3 is 2.75 bits per heavy atom. The first-order valence-corrected chi connectivity index (χ1v) is 11.5. The quantitative estimate of drug-likeness (QED) is 0.605. The van der Waals surface area contributed by atoms with Gasteiger partial charge in [-0.3, -0.25) is 4.79 Å². The first kappa shape index (κ1) is 21.4. The number of piperazine rings is 1. The molecule has 3 atom stereocenters. The summed E-state index contributed by atoms with van der Waals surface area (Å²) in [6, 6.07) is 14.8. The van der Waals surface area contributed by atoms with Crippen molar-refractivity contribution in [2.45, 2.75) is 29.9 Å². The van der Waals surface area contributed by atoms with Gasteiger partial charge in [0.25, 0.3) is 0 Å². The highest BCUT2D eigenvalue weighted by Crippen LogP contribution is 2.41. The van der Waals surface area contributed by atoms with Crippen molar-refractivity contribution in [3.8, 4) is 11.5 Å². The molecule has 7 nitrogen and oxygen atoms in total. The number of carbonyl (C=O) groups is 1. The number of halogens is 1. The fourth-order valence-corrected chi connectivity index (χ4v) is 4.83. The van der Waals surface area contributed by atoms with E-state index in [2.05, 4.69) is 16.0 Å². The van der Waals surface area contributed by atoms with E-state index in [1.165, 1.54) is 0 Å². The SMILES string of the molecule is O=C(NC[C@@H]1CCCO1)C(Cl)(C1=Nc2ccccc2Oc2ccccc21)C1CNCCN1. The topological polar surface area (TPSA) is 84.0 Å². The third-order valence-corrected chi connectivity index (χ3v) is 6.78. The lowest BCUT2D eigenvalue weighted by Crippen LogP contribution is -2.66. The van der Waals surface area contributed by atoms with E-state index in [0.717, 1.165) is 26.0 Å². The molecule has 2 saturated heterocycles. The van der Waals surface area contributed by atoms with Gasteiger partial charge in [-0.05, 0) is 37.1 Å². The van der Waals surface area contributed by atoms with Gasteiger partial charge < -0.3 is 25.4 Å². The molecule has 3 N–H and O–H groups in total. The molecule has 0 saturated carbocycles. The van der Waals surface area contributed by atoms with Crippen LogP contribution in [0.4, 0.5) is 5.69 Å². The number of carbonyl (C=O) groups excluding carboxylic acids is 1. The van der Waals surface area contributed by atoms with E-state index in [-0.39, 0.29) is 18.1 Å². The summed E-state index contributed by atoms with van der Waals surface area (Å²) in [5.74, 6) is 0.962. The van der Waals surface area contributed by atoms with Gasteiger partial charge >= 0.3 is 0 Å². The molecule has 0 bridgehead atoms. The van der Waals surface area contributed by atoms with Crippen LogP contribution in [0.5, 0.6) is 11.5 Å². The fourth-order valence-electron chi connectivity index (χ4n) is 4.47. The Kier molecular flexibility index (Phi) is 6.15. The predicted octanol–water partition coefficient (Wildman–Crippen LogP) is 2.75. The summed E-state index contributed by atoms with van der Waals surface area (Å²) in [7, 11) is 0. The Morgan fingerprint density at radius 2 is 1.97 bits per heavy atom. The second-order valence-corrected chi connectivity index (χ2v) is 8.89. The van der Waals surface area contributed by atoms with Crippen molar-refractivity contribution in [2.75, 3.05) is 32.8 Å². The van der Waals surface area contributed by atoms with E-state index in [4.69, 9.17) is 26.1 Å². The maximum atomic E-state index is 13.8. The Morgan fingerprint density at radius 1 is 1.16 bits per heavy atom. The molecule has 168 valence electrons. The molecule has 0 aliphatic carbocycles. The largest absolute Gasteiger partial charge is 0.454 e. The van der Waals surface area contributed by atoms with Crippen LogP contribution in [0.25, 0.3) is 0 Å². The summed E-state index contributed by atoms with van der Waals surface area (Å²) < 4.78 is 11.9. The fraction of sp³-hybridized carbons (Fsp3) is 0.417. The molecule has 3 aliphatic heterocycles. The monoisotopic (exact) mass is 454 g/mol. The number of rotatable bonds is 5. The first-order valence-electron chi connectivity index (χ1n) is 11.1. The number of hydrogen-bond acceptors (Lipinski definition) is 6. The molecule has 3 aliphatic rings. The van der Waals surface area contributed by atoms with Crippen LogP contribution in [0.1, 0.15) is 18.4 Å². The maximum Gasteiger partial charge on any atom is 0.249 e. The van der Waals surface area contributed by atoms with Crippen LogP contribution >= 0.6 is 11.6 Å². The Labute approximate surface area is 192 Å². The van der Waals surface area contributed by atoms with E-state index in [1.54, 1.807) is 0 Å². The van der Waals surface area contributed by atoms with Crippen LogP contribution in [0.2, 0.25) is 0 Å². The van der Waals surface area contributed by atoms with Gasteiger partial charge in [0.1, 0.15) is 11.4 Å². The Balaban J connectivity index is 1.59. The molecular formula is C24H27ClN4O3.